The van der Waals surface area contributed by atoms with Gasteiger partial charge in [0.25, 0.3) is 15.9 Å². The Kier molecular flexibility index (Phi) is 5.99. The second-order valence-electron chi connectivity index (χ2n) is 5.44. The molecule has 0 saturated carbocycles. The molecule has 0 aliphatic carbocycles. The third kappa shape index (κ3) is 4.56. The van der Waals surface area contributed by atoms with Crippen molar-refractivity contribution in [3.8, 4) is 0 Å². The first-order valence-corrected chi connectivity index (χ1v) is 9.37. The zero-order valence-electron chi connectivity index (χ0n) is 13.4. The number of nitrogens with one attached hydrogen (secondary N) is 2. The molecule has 0 bridgehead atoms. The maximum atomic E-state index is 12.2. The van der Waals surface area contributed by atoms with Crippen molar-refractivity contribution < 1.29 is 13.2 Å². The molecule has 2 rings (SSSR count). The van der Waals surface area contributed by atoms with Gasteiger partial charge in [0.2, 0.25) is 0 Å². The Morgan fingerprint density at radius 2 is 1.67 bits per heavy atom. The van der Waals surface area contributed by atoms with E-state index in [1.807, 2.05) is 0 Å². The van der Waals surface area contributed by atoms with E-state index < -0.39 is 15.9 Å². The molecule has 0 radical (unpaired) electrons. The van der Waals surface area contributed by atoms with Crippen molar-refractivity contribution in [1.29, 1.82) is 0 Å². The molecule has 0 aliphatic rings. The lowest BCUT2D eigenvalue weighted by Crippen LogP contribution is -2.41. The first-order valence-electron chi connectivity index (χ1n) is 7.51. The van der Waals surface area contributed by atoms with Gasteiger partial charge in [0.1, 0.15) is 0 Å². The highest BCUT2D eigenvalue weighted by Gasteiger charge is 2.16. The molecule has 0 unspecified atom stereocenters. The number of benzene rings is 2. The lowest BCUT2D eigenvalue weighted by atomic mass is 9.99. The van der Waals surface area contributed by atoms with Crippen LogP contribution in [-0.4, -0.2) is 14.3 Å². The standard InChI is InChI=1S/C17H19ClN2O3S/c1-3-12(2)13-6-10-16(11-7-13)24(22,23)20-19-17(21)14-4-8-15(18)9-5-14/h4-12,20H,3H2,1-2H3,(H,19,21)/t12-/m0/s1. The van der Waals surface area contributed by atoms with E-state index in [0.717, 1.165) is 12.0 Å². The van der Waals surface area contributed by atoms with E-state index in [0.29, 0.717) is 16.5 Å². The van der Waals surface area contributed by atoms with Gasteiger partial charge in [0.15, 0.2) is 0 Å². The largest absolute Gasteiger partial charge is 0.273 e. The summed E-state index contributed by atoms with van der Waals surface area (Å²) in [6, 6.07) is 12.7. The summed E-state index contributed by atoms with van der Waals surface area (Å²) in [6.07, 6.45) is 0.974. The highest BCUT2D eigenvalue weighted by atomic mass is 35.5. The maximum absolute atomic E-state index is 12.2. The summed E-state index contributed by atoms with van der Waals surface area (Å²) in [5, 5.41) is 0.494. The molecule has 24 heavy (non-hydrogen) atoms. The summed E-state index contributed by atoms with van der Waals surface area (Å²) >= 11 is 5.75. The normalized spacial score (nSPS) is 12.6. The minimum atomic E-state index is -3.83. The lowest BCUT2D eigenvalue weighted by molar-refractivity contribution is 0.0945. The third-order valence-corrected chi connectivity index (χ3v) is 5.29. The molecule has 0 spiro atoms. The average Bonchev–Trinajstić information content (AvgIpc) is 2.59. The third-order valence-electron chi connectivity index (χ3n) is 3.78. The molecule has 1 amide bonds. The van der Waals surface area contributed by atoms with Gasteiger partial charge in [-0.1, -0.05) is 37.6 Å². The van der Waals surface area contributed by atoms with E-state index in [4.69, 9.17) is 11.6 Å². The fourth-order valence-corrected chi connectivity index (χ4v) is 3.02. The number of hydrazine groups is 1. The number of carbonyl (C=O) groups excluding carboxylic acids is 1. The number of sulfonamides is 1. The van der Waals surface area contributed by atoms with E-state index >= 15 is 0 Å². The second-order valence-corrected chi connectivity index (χ2v) is 7.56. The molecule has 2 N–H and O–H groups in total. The number of rotatable bonds is 6. The Morgan fingerprint density at radius 1 is 1.08 bits per heavy atom. The van der Waals surface area contributed by atoms with Gasteiger partial charge in [-0.2, -0.15) is 0 Å². The van der Waals surface area contributed by atoms with Crippen molar-refractivity contribution in [2.24, 2.45) is 0 Å². The Balaban J connectivity index is 2.05. The van der Waals surface area contributed by atoms with Crippen LogP contribution in [0.1, 0.15) is 42.1 Å². The lowest BCUT2D eigenvalue weighted by Gasteiger charge is -2.11. The highest BCUT2D eigenvalue weighted by molar-refractivity contribution is 7.89. The molecule has 2 aromatic carbocycles. The highest BCUT2D eigenvalue weighted by Crippen LogP contribution is 2.20. The van der Waals surface area contributed by atoms with Crippen LogP contribution >= 0.6 is 11.6 Å². The summed E-state index contributed by atoms with van der Waals surface area (Å²) in [5.41, 5.74) is 3.56. The molecule has 0 fully saturated rings. The molecule has 128 valence electrons. The van der Waals surface area contributed by atoms with Crippen LogP contribution in [0.25, 0.3) is 0 Å². The Bertz CT molecular complexity index is 803. The quantitative estimate of drug-likeness (QED) is 0.768. The van der Waals surface area contributed by atoms with E-state index in [2.05, 4.69) is 24.1 Å². The van der Waals surface area contributed by atoms with E-state index in [1.165, 1.54) is 24.3 Å². The van der Waals surface area contributed by atoms with Crippen LogP contribution in [0.5, 0.6) is 0 Å². The van der Waals surface area contributed by atoms with Gasteiger partial charge in [-0.25, -0.2) is 8.42 Å². The molecule has 7 heteroatoms. The van der Waals surface area contributed by atoms with Gasteiger partial charge in [-0.3, -0.25) is 10.2 Å². The summed E-state index contributed by atoms with van der Waals surface area (Å²) in [4.78, 5) is 14.1. The Labute approximate surface area is 147 Å². The number of hydrogen-bond acceptors (Lipinski definition) is 3. The average molecular weight is 367 g/mol. The first kappa shape index (κ1) is 18.4. The van der Waals surface area contributed by atoms with E-state index in [1.54, 1.807) is 24.3 Å². The summed E-state index contributed by atoms with van der Waals surface area (Å²) in [5.74, 6) is -0.203. The van der Waals surface area contributed by atoms with Gasteiger partial charge >= 0.3 is 0 Å². The van der Waals surface area contributed by atoms with Crippen LogP contribution in [-0.2, 0) is 10.0 Å². The molecule has 0 saturated heterocycles. The van der Waals surface area contributed by atoms with Gasteiger partial charge in [0, 0.05) is 10.6 Å². The zero-order chi connectivity index (χ0) is 17.7. The minimum absolute atomic E-state index is 0.0889. The minimum Gasteiger partial charge on any atom is -0.273 e. The Morgan fingerprint density at radius 3 is 2.21 bits per heavy atom. The Hall–Kier alpha value is -1.89. The van der Waals surface area contributed by atoms with Crippen molar-refractivity contribution >= 4 is 27.5 Å². The van der Waals surface area contributed by atoms with Crippen LogP contribution in [0.2, 0.25) is 5.02 Å². The number of hydrogen-bond donors (Lipinski definition) is 2. The predicted octanol–water partition coefficient (Wildman–Crippen LogP) is 3.48. The zero-order valence-corrected chi connectivity index (χ0v) is 15.0. The van der Waals surface area contributed by atoms with Crippen LogP contribution in [0.4, 0.5) is 0 Å². The number of carbonyl (C=O) groups is 1. The van der Waals surface area contributed by atoms with Crippen molar-refractivity contribution in [3.63, 3.8) is 0 Å². The van der Waals surface area contributed by atoms with Crippen molar-refractivity contribution in [3.05, 3.63) is 64.7 Å². The van der Waals surface area contributed by atoms with Gasteiger partial charge < -0.3 is 0 Å². The van der Waals surface area contributed by atoms with Crippen molar-refractivity contribution in [2.45, 2.75) is 31.1 Å². The smallest absolute Gasteiger partial charge is 0.266 e. The van der Waals surface area contributed by atoms with Crippen molar-refractivity contribution in [2.75, 3.05) is 0 Å². The van der Waals surface area contributed by atoms with Crippen LogP contribution in [0, 0.1) is 0 Å². The molecule has 0 aromatic heterocycles. The SMILES string of the molecule is CC[C@H](C)c1ccc(S(=O)(=O)NNC(=O)c2ccc(Cl)cc2)cc1. The molecular weight excluding hydrogens is 348 g/mol. The summed E-state index contributed by atoms with van der Waals surface area (Å²) in [7, 11) is -3.83. The van der Waals surface area contributed by atoms with Gasteiger partial charge in [-0.15, -0.1) is 4.83 Å². The predicted molar refractivity (Wildman–Crippen MR) is 94.4 cm³/mol. The topological polar surface area (TPSA) is 75.3 Å². The van der Waals surface area contributed by atoms with Crippen molar-refractivity contribution in [1.82, 2.24) is 10.3 Å². The van der Waals surface area contributed by atoms with E-state index in [-0.39, 0.29) is 4.90 Å². The number of halogens is 1. The van der Waals surface area contributed by atoms with Gasteiger partial charge in [0.05, 0.1) is 4.90 Å². The fourth-order valence-electron chi connectivity index (χ4n) is 2.06. The molecule has 5 nitrogen and oxygen atoms in total. The summed E-state index contributed by atoms with van der Waals surface area (Å²) in [6.45, 7) is 4.15. The van der Waals surface area contributed by atoms with Crippen LogP contribution in [0.3, 0.4) is 0 Å². The maximum Gasteiger partial charge on any atom is 0.266 e. The molecule has 0 heterocycles. The van der Waals surface area contributed by atoms with Crippen LogP contribution < -0.4 is 10.3 Å². The van der Waals surface area contributed by atoms with Crippen LogP contribution in [0.15, 0.2) is 53.4 Å². The molecular formula is C17H19ClN2O3S. The summed E-state index contributed by atoms with van der Waals surface area (Å²) < 4.78 is 24.5. The fraction of sp³-hybridized carbons (Fsp3) is 0.235. The molecule has 0 aliphatic heterocycles. The first-order chi connectivity index (χ1) is 11.3. The van der Waals surface area contributed by atoms with E-state index in [9.17, 15) is 13.2 Å². The monoisotopic (exact) mass is 366 g/mol. The van der Waals surface area contributed by atoms with Gasteiger partial charge in [-0.05, 0) is 54.3 Å². The molecule has 2 aromatic rings. The molecule has 1 atom stereocenters. The number of amides is 1. The second kappa shape index (κ2) is 7.79.